The van der Waals surface area contributed by atoms with Crippen LogP contribution in [-0.4, -0.2) is 34.3 Å². The van der Waals surface area contributed by atoms with E-state index in [2.05, 4.69) is 37.7 Å². The summed E-state index contributed by atoms with van der Waals surface area (Å²) >= 11 is 3.46. The zero-order chi connectivity index (χ0) is 13.2. The number of rotatable bonds is 4. The number of benzene rings is 1. The van der Waals surface area contributed by atoms with E-state index in [1.54, 1.807) is 0 Å². The van der Waals surface area contributed by atoms with E-state index in [1.165, 1.54) is 11.9 Å². The molecule has 1 fully saturated rings. The van der Waals surface area contributed by atoms with E-state index in [4.69, 9.17) is 0 Å². The van der Waals surface area contributed by atoms with Gasteiger partial charge in [-0.15, -0.1) is 0 Å². The Morgan fingerprint density at radius 2 is 2.28 bits per heavy atom. The van der Waals surface area contributed by atoms with E-state index < -0.39 is 10.0 Å². The summed E-state index contributed by atoms with van der Waals surface area (Å²) in [6, 6.07) is 8.19. The predicted octanol–water partition coefficient (Wildman–Crippen LogP) is 1.82. The molecule has 1 atom stereocenters. The summed E-state index contributed by atoms with van der Waals surface area (Å²) in [4.78, 5) is 2.29. The maximum Gasteiger partial charge on any atom is 0.208 e. The molecule has 6 heteroatoms. The minimum Gasteiger partial charge on any atom is -0.371 e. The summed E-state index contributed by atoms with van der Waals surface area (Å²) in [6.45, 7) is 2.41. The number of nitrogens with zero attached hydrogens (tertiary/aromatic N) is 1. The Balaban J connectivity index is 1.92. The smallest absolute Gasteiger partial charge is 0.208 e. The van der Waals surface area contributed by atoms with Gasteiger partial charge in [0.15, 0.2) is 0 Å². The van der Waals surface area contributed by atoms with Crippen molar-refractivity contribution < 1.29 is 8.42 Å². The average Bonchev–Trinajstić information content (AvgIpc) is 2.74. The first-order chi connectivity index (χ1) is 8.44. The Bertz CT molecular complexity index is 519. The molecule has 0 aliphatic carbocycles. The molecule has 1 heterocycles. The van der Waals surface area contributed by atoms with Crippen molar-refractivity contribution in [3.05, 3.63) is 28.7 Å². The van der Waals surface area contributed by atoms with Crippen molar-refractivity contribution in [1.82, 2.24) is 4.72 Å². The van der Waals surface area contributed by atoms with Crippen LogP contribution < -0.4 is 9.62 Å². The second kappa shape index (κ2) is 5.59. The van der Waals surface area contributed by atoms with Crippen molar-refractivity contribution in [2.24, 2.45) is 5.92 Å². The van der Waals surface area contributed by atoms with Gasteiger partial charge in [0.25, 0.3) is 0 Å². The van der Waals surface area contributed by atoms with Crippen LogP contribution in [-0.2, 0) is 10.0 Å². The molecule has 1 aromatic rings. The molecule has 0 amide bonds. The molecule has 0 saturated carbocycles. The lowest BCUT2D eigenvalue weighted by Gasteiger charge is -2.19. The quantitative estimate of drug-likeness (QED) is 0.915. The average molecular weight is 333 g/mol. The summed E-state index contributed by atoms with van der Waals surface area (Å²) in [5.41, 5.74) is 1.19. The van der Waals surface area contributed by atoms with Gasteiger partial charge in [-0.3, -0.25) is 0 Å². The van der Waals surface area contributed by atoms with E-state index in [0.717, 1.165) is 24.0 Å². The maximum atomic E-state index is 11.1. The van der Waals surface area contributed by atoms with Gasteiger partial charge in [0, 0.05) is 29.8 Å². The Labute approximate surface area is 117 Å². The summed E-state index contributed by atoms with van der Waals surface area (Å²) in [5.74, 6) is 0.388. The van der Waals surface area contributed by atoms with Crippen LogP contribution in [0.15, 0.2) is 28.7 Å². The molecule has 2 rings (SSSR count). The van der Waals surface area contributed by atoms with E-state index in [1.807, 2.05) is 12.1 Å². The normalized spacial score (nSPS) is 20.3. The lowest BCUT2D eigenvalue weighted by Crippen LogP contribution is -2.30. The fourth-order valence-corrected chi connectivity index (χ4v) is 3.10. The first-order valence-electron chi connectivity index (χ1n) is 5.89. The Kier molecular flexibility index (Phi) is 4.29. The van der Waals surface area contributed by atoms with Crippen molar-refractivity contribution in [3.63, 3.8) is 0 Å². The second-order valence-electron chi connectivity index (χ2n) is 4.70. The van der Waals surface area contributed by atoms with E-state index in [9.17, 15) is 8.42 Å². The first-order valence-corrected chi connectivity index (χ1v) is 8.57. The van der Waals surface area contributed by atoms with Gasteiger partial charge in [-0.2, -0.15) is 0 Å². The number of hydrogen-bond donors (Lipinski definition) is 1. The minimum atomic E-state index is -3.08. The van der Waals surface area contributed by atoms with Gasteiger partial charge < -0.3 is 4.90 Å². The molecule has 1 aliphatic rings. The van der Waals surface area contributed by atoms with Crippen molar-refractivity contribution >= 4 is 31.6 Å². The Morgan fingerprint density at radius 3 is 2.94 bits per heavy atom. The molecule has 1 saturated heterocycles. The summed E-state index contributed by atoms with van der Waals surface area (Å²) in [7, 11) is -3.08. The molecule has 0 aromatic heterocycles. The van der Waals surface area contributed by atoms with Crippen LogP contribution in [0.3, 0.4) is 0 Å². The molecule has 0 bridgehead atoms. The SMILES string of the molecule is CS(=O)(=O)NC[C@@H]1CCN(c2cccc(Br)c2)C1. The van der Waals surface area contributed by atoms with Crippen molar-refractivity contribution in [3.8, 4) is 0 Å². The van der Waals surface area contributed by atoms with Gasteiger partial charge in [-0.1, -0.05) is 22.0 Å². The van der Waals surface area contributed by atoms with Crippen LogP contribution in [0.1, 0.15) is 6.42 Å². The third-order valence-electron chi connectivity index (χ3n) is 3.09. The van der Waals surface area contributed by atoms with E-state index in [0.29, 0.717) is 12.5 Å². The van der Waals surface area contributed by atoms with Gasteiger partial charge in [-0.05, 0) is 30.5 Å². The highest BCUT2D eigenvalue weighted by atomic mass is 79.9. The topological polar surface area (TPSA) is 49.4 Å². The molecular formula is C12H17BrN2O2S. The van der Waals surface area contributed by atoms with Crippen molar-refractivity contribution in [1.29, 1.82) is 0 Å². The molecule has 1 aromatic carbocycles. The van der Waals surface area contributed by atoms with Gasteiger partial charge in [0.05, 0.1) is 6.26 Å². The Hall–Kier alpha value is -0.590. The van der Waals surface area contributed by atoms with Crippen LogP contribution in [0.5, 0.6) is 0 Å². The van der Waals surface area contributed by atoms with Crippen LogP contribution in [0, 0.1) is 5.92 Å². The number of halogens is 1. The zero-order valence-electron chi connectivity index (χ0n) is 10.3. The molecule has 1 aliphatic heterocycles. The Morgan fingerprint density at radius 1 is 1.50 bits per heavy atom. The molecule has 0 unspecified atom stereocenters. The zero-order valence-corrected chi connectivity index (χ0v) is 12.7. The van der Waals surface area contributed by atoms with Crippen LogP contribution in [0.25, 0.3) is 0 Å². The van der Waals surface area contributed by atoms with Crippen molar-refractivity contribution in [2.75, 3.05) is 30.8 Å². The molecule has 0 radical (unpaired) electrons. The molecule has 18 heavy (non-hydrogen) atoms. The van der Waals surface area contributed by atoms with Crippen LogP contribution >= 0.6 is 15.9 Å². The third kappa shape index (κ3) is 3.96. The highest BCUT2D eigenvalue weighted by Gasteiger charge is 2.23. The molecule has 100 valence electrons. The number of anilines is 1. The molecular weight excluding hydrogens is 316 g/mol. The van der Waals surface area contributed by atoms with Gasteiger partial charge in [0.2, 0.25) is 10.0 Å². The fourth-order valence-electron chi connectivity index (χ4n) is 2.18. The molecule has 4 nitrogen and oxygen atoms in total. The third-order valence-corrected chi connectivity index (χ3v) is 4.28. The van der Waals surface area contributed by atoms with E-state index in [-0.39, 0.29) is 0 Å². The standard InChI is InChI=1S/C12H17BrN2O2S/c1-18(16,17)14-8-10-5-6-15(9-10)12-4-2-3-11(13)7-12/h2-4,7,10,14H,5-6,8-9H2,1H3/t10-/m0/s1. The molecule has 0 spiro atoms. The van der Waals surface area contributed by atoms with Crippen molar-refractivity contribution in [2.45, 2.75) is 6.42 Å². The van der Waals surface area contributed by atoms with Crippen LogP contribution in [0.2, 0.25) is 0 Å². The van der Waals surface area contributed by atoms with E-state index >= 15 is 0 Å². The predicted molar refractivity (Wildman–Crippen MR) is 77.3 cm³/mol. The second-order valence-corrected chi connectivity index (χ2v) is 7.45. The highest BCUT2D eigenvalue weighted by Crippen LogP contribution is 2.25. The minimum absolute atomic E-state index is 0.388. The summed E-state index contributed by atoms with van der Waals surface area (Å²) in [5, 5.41) is 0. The maximum absolute atomic E-state index is 11.1. The first kappa shape index (κ1) is 13.8. The lowest BCUT2D eigenvalue weighted by atomic mass is 10.1. The molecule has 1 N–H and O–H groups in total. The van der Waals surface area contributed by atoms with Gasteiger partial charge in [-0.25, -0.2) is 13.1 Å². The summed E-state index contributed by atoms with van der Waals surface area (Å²) < 4.78 is 25.8. The van der Waals surface area contributed by atoms with Gasteiger partial charge >= 0.3 is 0 Å². The van der Waals surface area contributed by atoms with Gasteiger partial charge in [0.1, 0.15) is 0 Å². The number of nitrogens with one attached hydrogen (secondary N) is 1. The summed E-state index contributed by atoms with van der Waals surface area (Å²) in [6.07, 6.45) is 2.23. The number of sulfonamides is 1. The lowest BCUT2D eigenvalue weighted by molar-refractivity contribution is 0.545. The monoisotopic (exact) mass is 332 g/mol. The largest absolute Gasteiger partial charge is 0.371 e. The number of hydrogen-bond acceptors (Lipinski definition) is 3. The highest BCUT2D eigenvalue weighted by molar-refractivity contribution is 9.10. The fraction of sp³-hybridized carbons (Fsp3) is 0.500. The van der Waals surface area contributed by atoms with Crippen LogP contribution in [0.4, 0.5) is 5.69 Å².